The van der Waals surface area contributed by atoms with Gasteiger partial charge in [-0.3, -0.25) is 4.90 Å². The lowest BCUT2D eigenvalue weighted by Crippen LogP contribution is -2.46. The Hall–Kier alpha value is -0.120. The van der Waals surface area contributed by atoms with Crippen molar-refractivity contribution in [2.75, 3.05) is 32.8 Å². The van der Waals surface area contributed by atoms with E-state index in [0.717, 1.165) is 37.1 Å². The summed E-state index contributed by atoms with van der Waals surface area (Å²) < 4.78 is 5.50. The largest absolute Gasteiger partial charge is 0.381 e. The number of nitrogens with zero attached hydrogens (tertiary/aromatic N) is 1. The molecule has 1 N–H and O–H groups in total. The van der Waals surface area contributed by atoms with Gasteiger partial charge in [0.25, 0.3) is 0 Å². The molecule has 1 saturated carbocycles. The van der Waals surface area contributed by atoms with Crippen LogP contribution < -0.4 is 5.32 Å². The predicted octanol–water partition coefficient (Wildman–Crippen LogP) is 1.88. The minimum absolute atomic E-state index is 0.745. The van der Waals surface area contributed by atoms with E-state index in [4.69, 9.17) is 4.74 Å². The highest BCUT2D eigenvalue weighted by molar-refractivity contribution is 4.92. The molecule has 2 atom stereocenters. The molecule has 3 rings (SSSR count). The van der Waals surface area contributed by atoms with E-state index in [1.807, 2.05) is 0 Å². The molecular weight excluding hydrogens is 224 g/mol. The highest BCUT2D eigenvalue weighted by atomic mass is 16.5. The first-order valence-corrected chi connectivity index (χ1v) is 7.90. The lowest BCUT2D eigenvalue weighted by Gasteiger charge is -2.37. The summed E-state index contributed by atoms with van der Waals surface area (Å²) in [5.74, 6) is 1.84. The van der Waals surface area contributed by atoms with Crippen molar-refractivity contribution in [2.24, 2.45) is 11.8 Å². The minimum Gasteiger partial charge on any atom is -0.381 e. The Morgan fingerprint density at radius 2 is 1.94 bits per heavy atom. The van der Waals surface area contributed by atoms with E-state index in [1.165, 1.54) is 51.7 Å². The van der Waals surface area contributed by atoms with Gasteiger partial charge >= 0.3 is 0 Å². The summed E-state index contributed by atoms with van der Waals surface area (Å²) in [5, 5.41) is 3.76. The lowest BCUT2D eigenvalue weighted by atomic mass is 9.91. The maximum absolute atomic E-state index is 5.50. The molecule has 1 aliphatic carbocycles. The van der Waals surface area contributed by atoms with Crippen LogP contribution in [-0.2, 0) is 4.74 Å². The third-order valence-electron chi connectivity index (χ3n) is 5.18. The van der Waals surface area contributed by atoms with Gasteiger partial charge in [-0.1, -0.05) is 0 Å². The van der Waals surface area contributed by atoms with Gasteiger partial charge in [0.15, 0.2) is 0 Å². The molecule has 0 aromatic heterocycles. The predicted molar refractivity (Wildman–Crippen MR) is 73.7 cm³/mol. The average molecular weight is 252 g/mol. The first kappa shape index (κ1) is 12.9. The van der Waals surface area contributed by atoms with E-state index in [2.05, 4.69) is 17.1 Å². The molecule has 2 heterocycles. The van der Waals surface area contributed by atoms with E-state index < -0.39 is 0 Å². The van der Waals surface area contributed by atoms with Gasteiger partial charge in [-0.05, 0) is 64.0 Å². The van der Waals surface area contributed by atoms with Crippen LogP contribution in [0.15, 0.2) is 0 Å². The lowest BCUT2D eigenvalue weighted by molar-refractivity contribution is 0.0293. The van der Waals surface area contributed by atoms with Crippen LogP contribution >= 0.6 is 0 Å². The molecule has 3 nitrogen and oxygen atoms in total. The molecule has 18 heavy (non-hydrogen) atoms. The molecule has 0 bridgehead atoms. The number of ether oxygens (including phenoxy) is 1. The smallest absolute Gasteiger partial charge is 0.0469 e. The van der Waals surface area contributed by atoms with Crippen LogP contribution in [0.5, 0.6) is 0 Å². The van der Waals surface area contributed by atoms with Crippen LogP contribution in [0, 0.1) is 11.8 Å². The zero-order valence-corrected chi connectivity index (χ0v) is 11.7. The highest BCUT2D eigenvalue weighted by Crippen LogP contribution is 2.34. The SMILES string of the molecule is CC(C1CCOCC1)N1CCCNC(C2CC2)C1. The number of rotatable bonds is 3. The maximum atomic E-state index is 5.50. The van der Waals surface area contributed by atoms with Crippen LogP contribution in [0.3, 0.4) is 0 Å². The van der Waals surface area contributed by atoms with Gasteiger partial charge < -0.3 is 10.1 Å². The van der Waals surface area contributed by atoms with Gasteiger partial charge in [0.2, 0.25) is 0 Å². The summed E-state index contributed by atoms with van der Waals surface area (Å²) in [5.41, 5.74) is 0. The molecule has 2 unspecified atom stereocenters. The van der Waals surface area contributed by atoms with Gasteiger partial charge in [0.05, 0.1) is 0 Å². The first-order valence-electron chi connectivity index (χ1n) is 7.90. The standard InChI is InChI=1S/C15H28N2O/c1-12(13-5-9-18-10-6-13)17-8-2-7-16-15(11-17)14-3-4-14/h12-16H,2-11H2,1H3. The van der Waals surface area contributed by atoms with Crippen LogP contribution in [0.4, 0.5) is 0 Å². The molecule has 3 fully saturated rings. The zero-order valence-electron chi connectivity index (χ0n) is 11.7. The fraction of sp³-hybridized carbons (Fsp3) is 1.00. The molecule has 0 aromatic rings. The third-order valence-corrected chi connectivity index (χ3v) is 5.18. The molecule has 0 spiro atoms. The summed E-state index contributed by atoms with van der Waals surface area (Å²) in [6, 6.07) is 1.52. The summed E-state index contributed by atoms with van der Waals surface area (Å²) in [7, 11) is 0. The van der Waals surface area contributed by atoms with Crippen LogP contribution in [0.2, 0.25) is 0 Å². The molecule has 2 aliphatic heterocycles. The van der Waals surface area contributed by atoms with E-state index >= 15 is 0 Å². The van der Waals surface area contributed by atoms with Gasteiger partial charge in [0, 0.05) is 31.8 Å². The molecule has 3 heteroatoms. The van der Waals surface area contributed by atoms with Gasteiger partial charge in [-0.25, -0.2) is 0 Å². The number of hydrogen-bond acceptors (Lipinski definition) is 3. The second-order valence-electron chi connectivity index (χ2n) is 6.44. The van der Waals surface area contributed by atoms with Crippen molar-refractivity contribution < 1.29 is 4.74 Å². The number of nitrogens with one attached hydrogen (secondary N) is 1. The molecule has 0 amide bonds. The second-order valence-corrected chi connectivity index (χ2v) is 6.44. The normalized spacial score (nSPS) is 34.2. The highest BCUT2D eigenvalue weighted by Gasteiger charge is 2.35. The molecular formula is C15H28N2O. The first-order chi connectivity index (χ1) is 8.84. The minimum atomic E-state index is 0.745. The van der Waals surface area contributed by atoms with Crippen molar-refractivity contribution in [2.45, 2.75) is 51.1 Å². The Morgan fingerprint density at radius 3 is 2.67 bits per heavy atom. The van der Waals surface area contributed by atoms with E-state index in [1.54, 1.807) is 0 Å². The Kier molecular flexibility index (Phi) is 4.22. The quantitative estimate of drug-likeness (QED) is 0.830. The summed E-state index contributed by atoms with van der Waals surface area (Å²) in [6.07, 6.45) is 6.75. The van der Waals surface area contributed by atoms with Crippen LogP contribution in [-0.4, -0.2) is 49.8 Å². The van der Waals surface area contributed by atoms with E-state index in [9.17, 15) is 0 Å². The fourth-order valence-corrected chi connectivity index (χ4v) is 3.66. The topological polar surface area (TPSA) is 24.5 Å². The van der Waals surface area contributed by atoms with E-state index in [-0.39, 0.29) is 0 Å². The summed E-state index contributed by atoms with van der Waals surface area (Å²) >= 11 is 0. The zero-order chi connectivity index (χ0) is 12.4. The molecule has 104 valence electrons. The van der Waals surface area contributed by atoms with Crippen molar-refractivity contribution in [3.05, 3.63) is 0 Å². The molecule has 0 radical (unpaired) electrons. The number of hydrogen-bond donors (Lipinski definition) is 1. The van der Waals surface area contributed by atoms with Gasteiger partial charge in [0.1, 0.15) is 0 Å². The van der Waals surface area contributed by atoms with Gasteiger partial charge in [-0.15, -0.1) is 0 Å². The van der Waals surface area contributed by atoms with Crippen LogP contribution in [0.1, 0.15) is 39.0 Å². The molecule has 2 saturated heterocycles. The average Bonchev–Trinajstić information content (AvgIpc) is 3.24. The maximum Gasteiger partial charge on any atom is 0.0469 e. The van der Waals surface area contributed by atoms with Crippen molar-refractivity contribution in [3.63, 3.8) is 0 Å². The Balaban J connectivity index is 1.57. The van der Waals surface area contributed by atoms with Crippen molar-refractivity contribution in [1.29, 1.82) is 0 Å². The third kappa shape index (κ3) is 3.06. The van der Waals surface area contributed by atoms with Gasteiger partial charge in [-0.2, -0.15) is 0 Å². The van der Waals surface area contributed by atoms with Crippen molar-refractivity contribution >= 4 is 0 Å². The fourth-order valence-electron chi connectivity index (χ4n) is 3.66. The van der Waals surface area contributed by atoms with Crippen molar-refractivity contribution in [1.82, 2.24) is 10.2 Å². The van der Waals surface area contributed by atoms with Crippen LogP contribution in [0.25, 0.3) is 0 Å². The van der Waals surface area contributed by atoms with Crippen molar-refractivity contribution in [3.8, 4) is 0 Å². The monoisotopic (exact) mass is 252 g/mol. The Bertz CT molecular complexity index is 261. The Labute approximate surface area is 111 Å². The summed E-state index contributed by atoms with van der Waals surface area (Å²) in [4.78, 5) is 2.76. The summed E-state index contributed by atoms with van der Waals surface area (Å²) in [6.45, 7) is 8.20. The molecule has 0 aromatic carbocycles. The van der Waals surface area contributed by atoms with E-state index in [0.29, 0.717) is 0 Å². The second kappa shape index (κ2) is 5.89. The molecule has 3 aliphatic rings. The Morgan fingerprint density at radius 1 is 1.17 bits per heavy atom.